The van der Waals surface area contributed by atoms with Crippen LogP contribution in [0.4, 0.5) is 0 Å². The monoisotopic (exact) mass is 357 g/mol. The smallest absolute Gasteiger partial charge is 0.0366 e. The summed E-state index contributed by atoms with van der Waals surface area (Å²) in [6.07, 6.45) is 6.28. The number of aryl methyl sites for hydroxylation is 2. The second-order valence-corrected chi connectivity index (χ2v) is 7.71. The number of hydrogen-bond acceptors (Lipinski definition) is 1. The molecule has 0 spiro atoms. The maximum atomic E-state index is 4.38. The van der Waals surface area contributed by atoms with Crippen molar-refractivity contribution >= 4 is 11.3 Å². The fourth-order valence-electron chi connectivity index (χ4n) is 3.88. The van der Waals surface area contributed by atoms with Crippen molar-refractivity contribution in [3.8, 4) is 0 Å². The zero-order valence-electron chi connectivity index (χ0n) is 17.0. The van der Waals surface area contributed by atoms with Crippen LogP contribution >= 0.6 is 0 Å². The summed E-state index contributed by atoms with van der Waals surface area (Å²) < 4.78 is 0. The highest BCUT2D eigenvalue weighted by molar-refractivity contribution is 5.65. The van der Waals surface area contributed by atoms with Crippen molar-refractivity contribution < 1.29 is 0 Å². The van der Waals surface area contributed by atoms with Gasteiger partial charge in [-0.15, -0.1) is 0 Å². The summed E-state index contributed by atoms with van der Waals surface area (Å²) in [6, 6.07) is 15.8. The van der Waals surface area contributed by atoms with E-state index in [9.17, 15) is 0 Å². The third kappa shape index (κ3) is 4.42. The van der Waals surface area contributed by atoms with Crippen molar-refractivity contribution in [1.29, 1.82) is 0 Å². The second-order valence-electron chi connectivity index (χ2n) is 7.71. The average molecular weight is 358 g/mol. The molecule has 0 aromatic heterocycles. The Bertz CT molecular complexity index is 846. The van der Waals surface area contributed by atoms with Crippen LogP contribution in [0.5, 0.6) is 0 Å². The van der Waals surface area contributed by atoms with Crippen LogP contribution in [0.2, 0.25) is 0 Å². The molecule has 27 heavy (non-hydrogen) atoms. The molecule has 1 heterocycles. The van der Waals surface area contributed by atoms with E-state index in [-0.39, 0.29) is 0 Å². The number of piperidine rings is 1. The van der Waals surface area contributed by atoms with Crippen molar-refractivity contribution in [2.45, 2.75) is 39.5 Å². The predicted molar refractivity (Wildman–Crippen MR) is 119 cm³/mol. The normalized spacial score (nSPS) is 15.7. The molecule has 0 radical (unpaired) electrons. The third-order valence-corrected chi connectivity index (χ3v) is 5.92. The first-order valence-corrected chi connectivity index (χ1v) is 9.90. The minimum atomic E-state index is 0.645. The molecule has 2 aromatic rings. The number of hydrogen-bond donors (Lipinski definition) is 0. The number of allylic oxidation sites excluding steroid dienone is 3. The number of rotatable bonds is 5. The van der Waals surface area contributed by atoms with Crippen LogP contribution < -0.4 is 0 Å². The summed E-state index contributed by atoms with van der Waals surface area (Å²) in [5.41, 5.74) is 9.09. The van der Waals surface area contributed by atoms with Gasteiger partial charge in [0.05, 0.1) is 0 Å². The van der Waals surface area contributed by atoms with Gasteiger partial charge in [-0.3, -0.25) is 0 Å². The highest BCUT2D eigenvalue weighted by Gasteiger charge is 2.22. The van der Waals surface area contributed by atoms with Gasteiger partial charge in [-0.2, -0.15) is 0 Å². The molecule has 1 heteroatoms. The molecule has 0 amide bonds. The molecule has 1 aliphatic rings. The molecule has 0 N–H and O–H groups in total. The minimum Gasteiger partial charge on any atom is -0.371 e. The van der Waals surface area contributed by atoms with Gasteiger partial charge in [0.25, 0.3) is 0 Å². The van der Waals surface area contributed by atoms with E-state index in [2.05, 4.69) is 87.4 Å². The molecule has 0 aliphatic carbocycles. The lowest BCUT2D eigenvalue weighted by Crippen LogP contribution is -2.31. The third-order valence-electron chi connectivity index (χ3n) is 5.92. The molecule has 140 valence electrons. The molecule has 1 nitrogen and oxygen atoms in total. The summed E-state index contributed by atoms with van der Waals surface area (Å²) >= 11 is 0. The lowest BCUT2D eigenvalue weighted by Gasteiger charge is -2.35. The highest BCUT2D eigenvalue weighted by Crippen LogP contribution is 2.32. The zero-order chi connectivity index (χ0) is 19.4. The Hall–Kier alpha value is -2.54. The van der Waals surface area contributed by atoms with Gasteiger partial charge in [0.1, 0.15) is 0 Å². The van der Waals surface area contributed by atoms with Gasteiger partial charge >= 0.3 is 0 Å². The number of nitrogens with zero attached hydrogens (tertiary/aromatic N) is 1. The molecule has 1 fully saturated rings. The number of benzene rings is 2. The SMILES string of the molecule is C=C/C=C(\C)c1ccc(C2CCN(C(=C)c3ccc(C)c(C)c3)CC2)cc1. The van der Waals surface area contributed by atoms with E-state index < -0.39 is 0 Å². The van der Waals surface area contributed by atoms with Crippen LogP contribution in [-0.2, 0) is 0 Å². The average Bonchev–Trinajstić information content (AvgIpc) is 2.70. The van der Waals surface area contributed by atoms with E-state index in [0.717, 1.165) is 18.8 Å². The first-order valence-electron chi connectivity index (χ1n) is 9.90. The lowest BCUT2D eigenvalue weighted by atomic mass is 9.88. The highest BCUT2D eigenvalue weighted by atomic mass is 15.1. The molecule has 1 aliphatic heterocycles. The molecule has 0 bridgehead atoms. The Balaban J connectivity index is 1.63. The summed E-state index contributed by atoms with van der Waals surface area (Å²) in [5.74, 6) is 0.645. The fraction of sp³-hybridized carbons (Fsp3) is 0.308. The lowest BCUT2D eigenvalue weighted by molar-refractivity contribution is 0.299. The second kappa shape index (κ2) is 8.43. The van der Waals surface area contributed by atoms with Crippen molar-refractivity contribution in [2.75, 3.05) is 13.1 Å². The van der Waals surface area contributed by atoms with Crippen molar-refractivity contribution in [3.05, 3.63) is 95.6 Å². The van der Waals surface area contributed by atoms with E-state index >= 15 is 0 Å². The Morgan fingerprint density at radius 2 is 1.59 bits per heavy atom. The molecule has 1 saturated heterocycles. The molecule has 3 rings (SSSR count). The zero-order valence-corrected chi connectivity index (χ0v) is 17.0. The molecule has 0 atom stereocenters. The summed E-state index contributed by atoms with van der Waals surface area (Å²) in [4.78, 5) is 2.45. The van der Waals surface area contributed by atoms with E-state index in [4.69, 9.17) is 0 Å². The Morgan fingerprint density at radius 1 is 0.963 bits per heavy atom. The van der Waals surface area contributed by atoms with Crippen LogP contribution in [0.3, 0.4) is 0 Å². The van der Waals surface area contributed by atoms with Gasteiger partial charge in [-0.25, -0.2) is 0 Å². The quantitative estimate of drug-likeness (QED) is 0.535. The van der Waals surface area contributed by atoms with Gasteiger partial charge in [0.2, 0.25) is 0 Å². The topological polar surface area (TPSA) is 3.24 Å². The largest absolute Gasteiger partial charge is 0.371 e. The van der Waals surface area contributed by atoms with E-state index in [1.165, 1.54) is 46.2 Å². The number of likely N-dealkylation sites (tertiary alicyclic amines) is 1. The molecule has 0 saturated carbocycles. The van der Waals surface area contributed by atoms with Crippen LogP contribution in [0, 0.1) is 13.8 Å². The summed E-state index contributed by atoms with van der Waals surface area (Å²) in [6.45, 7) is 16.8. The van der Waals surface area contributed by atoms with Crippen molar-refractivity contribution in [2.24, 2.45) is 0 Å². The molecular weight excluding hydrogens is 326 g/mol. The standard InChI is InChI=1S/C26H31N/c1-6-7-20(3)23-10-12-24(13-11-23)25-14-16-27(17-15-25)22(5)26-9-8-19(2)21(4)18-26/h6-13,18,25H,1,5,14-17H2,2-4H3/b20-7+. The predicted octanol–water partition coefficient (Wildman–Crippen LogP) is 6.74. The van der Waals surface area contributed by atoms with Gasteiger partial charge in [0.15, 0.2) is 0 Å². The van der Waals surface area contributed by atoms with E-state index in [1.807, 2.05) is 6.08 Å². The Kier molecular flexibility index (Phi) is 6.01. The molecule has 0 unspecified atom stereocenters. The van der Waals surface area contributed by atoms with Crippen LogP contribution in [-0.4, -0.2) is 18.0 Å². The van der Waals surface area contributed by atoms with Crippen LogP contribution in [0.1, 0.15) is 53.5 Å². The molecular formula is C26H31N. The fourth-order valence-corrected chi connectivity index (χ4v) is 3.88. The Labute approximate surface area is 164 Å². The first kappa shape index (κ1) is 19.2. The van der Waals surface area contributed by atoms with Crippen LogP contribution in [0.25, 0.3) is 11.3 Å². The molecule has 2 aromatic carbocycles. The van der Waals surface area contributed by atoms with Crippen LogP contribution in [0.15, 0.2) is 67.8 Å². The summed E-state index contributed by atoms with van der Waals surface area (Å²) in [7, 11) is 0. The van der Waals surface area contributed by atoms with Gasteiger partial charge < -0.3 is 4.90 Å². The van der Waals surface area contributed by atoms with Crippen molar-refractivity contribution in [1.82, 2.24) is 4.90 Å². The first-order chi connectivity index (χ1) is 13.0. The van der Waals surface area contributed by atoms with Crippen molar-refractivity contribution in [3.63, 3.8) is 0 Å². The minimum absolute atomic E-state index is 0.645. The maximum Gasteiger partial charge on any atom is 0.0366 e. The van der Waals surface area contributed by atoms with Gasteiger partial charge in [-0.05, 0) is 79.0 Å². The van der Waals surface area contributed by atoms with E-state index in [0.29, 0.717) is 5.92 Å². The van der Waals surface area contributed by atoms with E-state index in [1.54, 1.807) is 0 Å². The van der Waals surface area contributed by atoms with Gasteiger partial charge in [0, 0.05) is 18.8 Å². The Morgan fingerprint density at radius 3 is 2.19 bits per heavy atom. The van der Waals surface area contributed by atoms with Gasteiger partial charge in [-0.1, -0.05) is 61.7 Å². The summed E-state index contributed by atoms with van der Waals surface area (Å²) in [5, 5.41) is 0. The maximum absolute atomic E-state index is 4.38.